The van der Waals surface area contributed by atoms with Crippen LogP contribution in [-0.4, -0.2) is 11.0 Å². The minimum atomic E-state index is 0.462. The highest BCUT2D eigenvalue weighted by Gasteiger charge is 2.19. The Bertz CT molecular complexity index is 665. The molecule has 0 aromatic heterocycles. The lowest BCUT2D eigenvalue weighted by Gasteiger charge is -2.29. The molecule has 0 bridgehead atoms. The molecule has 3 N–H and O–H groups in total. The van der Waals surface area contributed by atoms with Crippen LogP contribution in [0.1, 0.15) is 38.2 Å². The second-order valence-corrected chi connectivity index (χ2v) is 6.62. The molecular weight excluding hydrogens is 276 g/mol. The molecule has 2 aromatic rings. The highest BCUT2D eigenvalue weighted by atomic mass is 32.1. The molecule has 2 aromatic carbocycles. The van der Waals surface area contributed by atoms with E-state index in [1.54, 1.807) is 0 Å². The summed E-state index contributed by atoms with van der Waals surface area (Å²) in [5.74, 6) is 0.818. The topological polar surface area (TPSA) is 38.0 Å². The van der Waals surface area contributed by atoms with Gasteiger partial charge in [0.05, 0.1) is 0 Å². The fraction of sp³-hybridized carbons (Fsp3) is 0.389. The van der Waals surface area contributed by atoms with E-state index in [9.17, 15) is 0 Å². The van der Waals surface area contributed by atoms with Crippen molar-refractivity contribution >= 4 is 33.7 Å². The van der Waals surface area contributed by atoms with E-state index in [0.717, 1.165) is 16.9 Å². The lowest BCUT2D eigenvalue weighted by Crippen LogP contribution is -2.26. The molecule has 2 nitrogen and oxygen atoms in total. The Kier molecular flexibility index (Phi) is 4.11. The number of hydrogen-bond acceptors (Lipinski definition) is 2. The van der Waals surface area contributed by atoms with Gasteiger partial charge in [0, 0.05) is 22.7 Å². The molecule has 0 saturated heterocycles. The maximum absolute atomic E-state index is 5.84. The van der Waals surface area contributed by atoms with Gasteiger partial charge in [-0.15, -0.1) is 0 Å². The van der Waals surface area contributed by atoms with Gasteiger partial charge in [0.2, 0.25) is 0 Å². The van der Waals surface area contributed by atoms with Crippen LogP contribution in [0.4, 0.5) is 5.69 Å². The Hall–Kier alpha value is -1.61. The Labute approximate surface area is 131 Å². The zero-order chi connectivity index (χ0) is 14.8. The Morgan fingerprint density at radius 2 is 1.90 bits per heavy atom. The van der Waals surface area contributed by atoms with Gasteiger partial charge >= 0.3 is 0 Å². The van der Waals surface area contributed by atoms with E-state index in [0.29, 0.717) is 11.0 Å². The summed E-state index contributed by atoms with van der Waals surface area (Å²) in [7, 11) is 0. The third-order valence-electron chi connectivity index (χ3n) is 4.49. The van der Waals surface area contributed by atoms with Gasteiger partial charge in [-0.3, -0.25) is 0 Å². The monoisotopic (exact) mass is 298 g/mol. The van der Waals surface area contributed by atoms with Crippen LogP contribution in [0.3, 0.4) is 0 Å². The Morgan fingerprint density at radius 3 is 2.62 bits per heavy atom. The SMILES string of the molecule is CC1CCCC(Nc2ccc(C(N)=S)c3ccccc23)C1. The van der Waals surface area contributed by atoms with E-state index in [2.05, 4.69) is 36.5 Å². The van der Waals surface area contributed by atoms with Crippen molar-refractivity contribution in [3.8, 4) is 0 Å². The maximum Gasteiger partial charge on any atom is 0.104 e. The van der Waals surface area contributed by atoms with E-state index in [1.807, 2.05) is 12.1 Å². The minimum absolute atomic E-state index is 0.462. The zero-order valence-corrected chi connectivity index (χ0v) is 13.2. The molecule has 0 amide bonds. The summed E-state index contributed by atoms with van der Waals surface area (Å²) in [5.41, 5.74) is 8.00. The smallest absolute Gasteiger partial charge is 0.104 e. The predicted molar refractivity (Wildman–Crippen MR) is 94.9 cm³/mol. The molecule has 0 spiro atoms. The first-order valence-electron chi connectivity index (χ1n) is 7.73. The van der Waals surface area contributed by atoms with Gasteiger partial charge in [-0.1, -0.05) is 56.2 Å². The third-order valence-corrected chi connectivity index (χ3v) is 4.71. The van der Waals surface area contributed by atoms with Crippen LogP contribution in [0.2, 0.25) is 0 Å². The predicted octanol–water partition coefficient (Wildman–Crippen LogP) is 4.46. The fourth-order valence-corrected chi connectivity index (χ4v) is 3.60. The summed E-state index contributed by atoms with van der Waals surface area (Å²) in [6.45, 7) is 2.35. The van der Waals surface area contributed by atoms with Gasteiger partial charge in [-0.05, 0) is 36.3 Å². The highest BCUT2D eigenvalue weighted by molar-refractivity contribution is 7.80. The minimum Gasteiger partial charge on any atom is -0.389 e. The molecule has 3 heteroatoms. The van der Waals surface area contributed by atoms with Gasteiger partial charge in [-0.25, -0.2) is 0 Å². The highest BCUT2D eigenvalue weighted by Crippen LogP contribution is 2.31. The lowest BCUT2D eigenvalue weighted by molar-refractivity contribution is 0.359. The van der Waals surface area contributed by atoms with Crippen molar-refractivity contribution in [1.29, 1.82) is 0 Å². The summed E-state index contributed by atoms with van der Waals surface area (Å²) in [4.78, 5) is 0.462. The van der Waals surface area contributed by atoms with Gasteiger partial charge in [-0.2, -0.15) is 0 Å². The van der Waals surface area contributed by atoms with Gasteiger partial charge in [0.25, 0.3) is 0 Å². The molecule has 2 unspecified atom stereocenters. The molecule has 1 saturated carbocycles. The Balaban J connectivity index is 1.96. The van der Waals surface area contributed by atoms with Crippen molar-refractivity contribution in [2.75, 3.05) is 5.32 Å². The molecule has 0 heterocycles. The molecule has 1 aliphatic carbocycles. The standard InChI is InChI=1S/C18H22N2S/c1-12-5-4-6-13(11-12)20-17-10-9-16(18(19)21)14-7-2-3-8-15(14)17/h2-3,7-10,12-13,20H,4-6,11H2,1H3,(H2,19,21). The molecule has 2 atom stereocenters. The second kappa shape index (κ2) is 6.02. The van der Waals surface area contributed by atoms with Crippen molar-refractivity contribution in [3.63, 3.8) is 0 Å². The average molecular weight is 298 g/mol. The number of anilines is 1. The largest absolute Gasteiger partial charge is 0.389 e. The van der Waals surface area contributed by atoms with E-state index in [4.69, 9.17) is 18.0 Å². The first kappa shape index (κ1) is 14.3. The number of rotatable bonds is 3. The summed E-state index contributed by atoms with van der Waals surface area (Å²) in [5, 5.41) is 6.08. The van der Waals surface area contributed by atoms with Crippen LogP contribution in [0.5, 0.6) is 0 Å². The molecule has 110 valence electrons. The quantitative estimate of drug-likeness (QED) is 0.821. The molecule has 1 aliphatic rings. The number of benzene rings is 2. The first-order chi connectivity index (χ1) is 10.1. The number of nitrogens with one attached hydrogen (secondary N) is 1. The number of nitrogens with two attached hydrogens (primary N) is 1. The molecule has 1 fully saturated rings. The second-order valence-electron chi connectivity index (χ2n) is 6.18. The molecule has 0 aliphatic heterocycles. The lowest BCUT2D eigenvalue weighted by atomic mass is 9.87. The van der Waals surface area contributed by atoms with Crippen molar-refractivity contribution < 1.29 is 0 Å². The van der Waals surface area contributed by atoms with Gasteiger partial charge < -0.3 is 11.1 Å². The van der Waals surface area contributed by atoms with E-state index >= 15 is 0 Å². The normalized spacial score (nSPS) is 22.1. The van der Waals surface area contributed by atoms with E-state index in [1.165, 1.54) is 36.8 Å². The fourth-order valence-electron chi connectivity index (χ4n) is 3.42. The average Bonchev–Trinajstić information content (AvgIpc) is 2.47. The van der Waals surface area contributed by atoms with Crippen LogP contribution in [0.25, 0.3) is 10.8 Å². The van der Waals surface area contributed by atoms with Crippen molar-refractivity contribution in [2.24, 2.45) is 11.7 Å². The van der Waals surface area contributed by atoms with Gasteiger partial charge in [0.15, 0.2) is 0 Å². The van der Waals surface area contributed by atoms with Crippen LogP contribution in [-0.2, 0) is 0 Å². The van der Waals surface area contributed by atoms with Crippen molar-refractivity contribution in [2.45, 2.75) is 38.6 Å². The number of hydrogen-bond donors (Lipinski definition) is 2. The summed E-state index contributed by atoms with van der Waals surface area (Å²) in [6, 6.07) is 13.1. The molecule has 0 radical (unpaired) electrons. The summed E-state index contributed by atoms with van der Waals surface area (Å²) >= 11 is 5.17. The van der Waals surface area contributed by atoms with Crippen LogP contribution >= 0.6 is 12.2 Å². The Morgan fingerprint density at radius 1 is 1.14 bits per heavy atom. The van der Waals surface area contributed by atoms with Crippen LogP contribution < -0.4 is 11.1 Å². The number of fused-ring (bicyclic) bond motifs is 1. The molecule has 21 heavy (non-hydrogen) atoms. The van der Waals surface area contributed by atoms with Gasteiger partial charge in [0.1, 0.15) is 4.99 Å². The van der Waals surface area contributed by atoms with Crippen molar-refractivity contribution in [1.82, 2.24) is 0 Å². The maximum atomic E-state index is 5.84. The summed E-state index contributed by atoms with van der Waals surface area (Å²) < 4.78 is 0. The third kappa shape index (κ3) is 3.03. The first-order valence-corrected chi connectivity index (χ1v) is 8.14. The molecule has 3 rings (SSSR count). The summed E-state index contributed by atoms with van der Waals surface area (Å²) in [6.07, 6.45) is 5.20. The van der Waals surface area contributed by atoms with E-state index < -0.39 is 0 Å². The van der Waals surface area contributed by atoms with Crippen LogP contribution in [0.15, 0.2) is 36.4 Å². The van der Waals surface area contributed by atoms with Crippen LogP contribution in [0, 0.1) is 5.92 Å². The number of thiocarbonyl (C=S) groups is 1. The zero-order valence-electron chi connectivity index (χ0n) is 12.4. The van der Waals surface area contributed by atoms with E-state index in [-0.39, 0.29) is 0 Å². The van der Waals surface area contributed by atoms with Crippen molar-refractivity contribution in [3.05, 3.63) is 42.0 Å². The molecular formula is C18H22N2S.